The van der Waals surface area contributed by atoms with Gasteiger partial charge in [-0.2, -0.15) is 0 Å². The average molecular weight is 492 g/mol. The molecule has 0 aliphatic rings. The molecule has 0 aliphatic heterocycles. The van der Waals surface area contributed by atoms with Gasteiger partial charge in [-0.1, -0.05) is 25.1 Å². The maximum absolute atomic E-state index is 13.5. The summed E-state index contributed by atoms with van der Waals surface area (Å²) in [5.41, 5.74) is 1.72. The van der Waals surface area contributed by atoms with Crippen LogP contribution in [0, 0.1) is 13.8 Å². The van der Waals surface area contributed by atoms with Crippen LogP contribution in [0.4, 0.5) is 4.79 Å². The highest BCUT2D eigenvalue weighted by Crippen LogP contribution is 2.28. The predicted octanol–water partition coefficient (Wildman–Crippen LogP) is 3.57. The highest BCUT2D eigenvalue weighted by Gasteiger charge is 2.35. The number of alkyl carbamates (subject to hydrolysis) is 1. The van der Waals surface area contributed by atoms with Crippen LogP contribution in [-0.2, 0) is 23.9 Å². The summed E-state index contributed by atoms with van der Waals surface area (Å²) < 4.78 is 10.2. The van der Waals surface area contributed by atoms with Gasteiger partial charge >= 0.3 is 12.1 Å². The average Bonchev–Trinajstić information content (AvgIpc) is 2.73. The number of carbonyl (C=O) groups excluding carboxylic acids is 4. The number of ether oxygens (including phenoxy) is 2. The third-order valence-corrected chi connectivity index (χ3v) is 5.16. The molecule has 1 aromatic rings. The molecular formula is C26H41N3O6. The molecule has 0 aromatic heterocycles. The second-order valence-corrected chi connectivity index (χ2v) is 9.45. The van der Waals surface area contributed by atoms with Crippen molar-refractivity contribution in [2.75, 3.05) is 19.7 Å². The van der Waals surface area contributed by atoms with Crippen LogP contribution < -0.4 is 10.6 Å². The zero-order chi connectivity index (χ0) is 26.8. The molecule has 0 saturated carbocycles. The van der Waals surface area contributed by atoms with Crippen molar-refractivity contribution in [1.82, 2.24) is 15.5 Å². The first-order valence-corrected chi connectivity index (χ1v) is 12.1. The monoisotopic (exact) mass is 491 g/mol. The number of nitrogens with zero attached hydrogens (tertiary/aromatic N) is 1. The molecule has 0 aliphatic carbocycles. The van der Waals surface area contributed by atoms with Crippen LogP contribution in [0.25, 0.3) is 0 Å². The molecule has 0 spiro atoms. The van der Waals surface area contributed by atoms with E-state index in [1.165, 1.54) is 4.90 Å². The second kappa shape index (κ2) is 13.7. The number of carbonyl (C=O) groups is 4. The van der Waals surface area contributed by atoms with Crippen LogP contribution in [0.3, 0.4) is 0 Å². The first-order chi connectivity index (χ1) is 16.3. The molecule has 0 saturated heterocycles. The van der Waals surface area contributed by atoms with Crippen molar-refractivity contribution >= 4 is 23.9 Å². The van der Waals surface area contributed by atoms with Gasteiger partial charge in [0.15, 0.2) is 0 Å². The number of esters is 1. The van der Waals surface area contributed by atoms with Crippen LogP contribution in [0.5, 0.6) is 0 Å². The summed E-state index contributed by atoms with van der Waals surface area (Å²) in [4.78, 5) is 52.5. The summed E-state index contributed by atoms with van der Waals surface area (Å²) in [5.74, 6) is -1.23. The molecule has 196 valence electrons. The van der Waals surface area contributed by atoms with E-state index < -0.39 is 41.6 Å². The summed E-state index contributed by atoms with van der Waals surface area (Å²) in [6.45, 7) is 14.8. The highest BCUT2D eigenvalue weighted by atomic mass is 16.6. The molecule has 0 bridgehead atoms. The van der Waals surface area contributed by atoms with E-state index in [0.29, 0.717) is 18.5 Å². The van der Waals surface area contributed by atoms with Gasteiger partial charge in [0.05, 0.1) is 13.0 Å². The lowest BCUT2D eigenvalue weighted by Crippen LogP contribution is -2.52. The first-order valence-electron chi connectivity index (χ1n) is 12.1. The summed E-state index contributed by atoms with van der Waals surface area (Å²) in [6, 6.07) is 3.81. The van der Waals surface area contributed by atoms with Gasteiger partial charge in [-0.15, -0.1) is 0 Å². The van der Waals surface area contributed by atoms with Gasteiger partial charge in [0.1, 0.15) is 17.7 Å². The minimum absolute atomic E-state index is 0.0252. The van der Waals surface area contributed by atoms with E-state index in [4.69, 9.17) is 9.47 Å². The van der Waals surface area contributed by atoms with Gasteiger partial charge in [0.25, 0.3) is 0 Å². The summed E-state index contributed by atoms with van der Waals surface area (Å²) >= 11 is 0. The normalized spacial score (nSPS) is 12.8. The van der Waals surface area contributed by atoms with Gasteiger partial charge in [0.2, 0.25) is 11.8 Å². The quantitative estimate of drug-likeness (QED) is 0.458. The van der Waals surface area contributed by atoms with E-state index in [0.717, 1.165) is 11.1 Å². The van der Waals surface area contributed by atoms with Crippen LogP contribution >= 0.6 is 0 Å². The smallest absolute Gasteiger partial charge is 0.408 e. The fourth-order valence-corrected chi connectivity index (χ4v) is 3.71. The lowest BCUT2D eigenvalue weighted by Gasteiger charge is -2.35. The minimum atomic E-state index is -0.936. The van der Waals surface area contributed by atoms with Crippen molar-refractivity contribution in [2.45, 2.75) is 85.9 Å². The van der Waals surface area contributed by atoms with Crippen LogP contribution in [0.1, 0.15) is 77.1 Å². The van der Waals surface area contributed by atoms with E-state index >= 15 is 0 Å². The van der Waals surface area contributed by atoms with Crippen molar-refractivity contribution in [3.63, 3.8) is 0 Å². The lowest BCUT2D eigenvalue weighted by atomic mass is 9.93. The molecule has 0 fully saturated rings. The van der Waals surface area contributed by atoms with Crippen LogP contribution in [0.15, 0.2) is 18.2 Å². The predicted molar refractivity (Wildman–Crippen MR) is 134 cm³/mol. The van der Waals surface area contributed by atoms with Gasteiger partial charge < -0.3 is 25.0 Å². The van der Waals surface area contributed by atoms with E-state index in [-0.39, 0.29) is 19.6 Å². The molecule has 9 nitrogen and oxygen atoms in total. The third-order valence-electron chi connectivity index (χ3n) is 5.16. The largest absolute Gasteiger partial charge is 0.466 e. The Bertz CT molecular complexity index is 873. The van der Waals surface area contributed by atoms with E-state index in [1.54, 1.807) is 34.6 Å². The SMILES string of the molecule is CCCN(C(=O)C(C)NC(=O)OC(C)(C)C)C(C(=O)NCCC(=O)OCC)c1c(C)cccc1C. The minimum Gasteiger partial charge on any atom is -0.466 e. The molecule has 2 unspecified atom stereocenters. The molecule has 3 amide bonds. The number of nitrogens with one attached hydrogen (secondary N) is 2. The Balaban J connectivity index is 3.27. The lowest BCUT2D eigenvalue weighted by molar-refractivity contribution is -0.144. The number of hydrogen-bond donors (Lipinski definition) is 2. The number of benzene rings is 1. The van der Waals surface area contributed by atoms with Crippen molar-refractivity contribution in [3.05, 3.63) is 34.9 Å². The topological polar surface area (TPSA) is 114 Å². The Morgan fingerprint density at radius 3 is 2.17 bits per heavy atom. The van der Waals surface area contributed by atoms with E-state index in [1.807, 2.05) is 39.0 Å². The van der Waals surface area contributed by atoms with Gasteiger partial charge in [-0.05, 0) is 71.6 Å². The second-order valence-electron chi connectivity index (χ2n) is 9.45. The van der Waals surface area contributed by atoms with Crippen molar-refractivity contribution in [2.24, 2.45) is 0 Å². The van der Waals surface area contributed by atoms with Crippen LogP contribution in [0.2, 0.25) is 0 Å². The van der Waals surface area contributed by atoms with Gasteiger partial charge in [0, 0.05) is 13.1 Å². The molecule has 9 heteroatoms. The standard InChI is InChI=1S/C26H41N3O6/c1-9-16-29(24(32)19(5)28-25(33)35-26(6,7)8)22(21-17(3)12-11-13-18(21)4)23(31)27-15-14-20(30)34-10-2/h11-13,19,22H,9-10,14-16H2,1-8H3,(H,27,31)(H,28,33). The van der Waals surface area contributed by atoms with Crippen LogP contribution in [-0.4, -0.2) is 60.1 Å². The molecule has 2 atom stereocenters. The van der Waals surface area contributed by atoms with E-state index in [9.17, 15) is 19.2 Å². The van der Waals surface area contributed by atoms with Crippen molar-refractivity contribution in [3.8, 4) is 0 Å². The molecule has 0 heterocycles. The van der Waals surface area contributed by atoms with E-state index in [2.05, 4.69) is 10.6 Å². The Kier molecular flexibility index (Phi) is 11.7. The Morgan fingerprint density at radius 2 is 1.66 bits per heavy atom. The summed E-state index contributed by atoms with van der Waals surface area (Å²) in [6.07, 6.45) is -0.0860. The number of rotatable bonds is 11. The number of aryl methyl sites for hydroxylation is 2. The molecular weight excluding hydrogens is 450 g/mol. The zero-order valence-corrected chi connectivity index (χ0v) is 22.3. The fourth-order valence-electron chi connectivity index (χ4n) is 3.71. The summed E-state index contributed by atoms with van der Waals surface area (Å²) in [5, 5.41) is 5.36. The molecule has 35 heavy (non-hydrogen) atoms. The van der Waals surface area contributed by atoms with Gasteiger partial charge in [-0.25, -0.2) is 4.79 Å². The molecule has 1 rings (SSSR count). The number of hydrogen-bond acceptors (Lipinski definition) is 6. The maximum Gasteiger partial charge on any atom is 0.408 e. The first kappa shape index (κ1) is 29.9. The molecule has 1 aromatic carbocycles. The Labute approximate surface area is 208 Å². The zero-order valence-electron chi connectivity index (χ0n) is 22.3. The summed E-state index contributed by atoms with van der Waals surface area (Å²) in [7, 11) is 0. The molecule has 2 N–H and O–H groups in total. The molecule has 0 radical (unpaired) electrons. The van der Waals surface area contributed by atoms with Gasteiger partial charge in [-0.3, -0.25) is 14.4 Å². The van der Waals surface area contributed by atoms with Crippen molar-refractivity contribution in [1.29, 1.82) is 0 Å². The fraction of sp³-hybridized carbons (Fsp3) is 0.615. The number of amides is 3. The van der Waals surface area contributed by atoms with Crippen molar-refractivity contribution < 1.29 is 28.7 Å². The Morgan fingerprint density at radius 1 is 1.06 bits per heavy atom. The maximum atomic E-state index is 13.5. The Hall–Kier alpha value is -3.10. The highest BCUT2D eigenvalue weighted by molar-refractivity contribution is 5.92. The third kappa shape index (κ3) is 9.58.